The Morgan fingerprint density at radius 2 is 2.03 bits per heavy atom. The van der Waals surface area contributed by atoms with Crippen LogP contribution in [0.3, 0.4) is 0 Å². The molecular weight excluding hydrogens is 449 g/mol. The molecule has 0 aliphatic heterocycles. The zero-order valence-corrected chi connectivity index (χ0v) is 18.6. The van der Waals surface area contributed by atoms with Crippen molar-refractivity contribution in [2.75, 3.05) is 5.75 Å². The van der Waals surface area contributed by atoms with Crippen molar-refractivity contribution in [1.29, 1.82) is 0 Å². The third kappa shape index (κ3) is 4.48. The molecule has 1 aliphatic rings. The highest BCUT2D eigenvalue weighted by Crippen LogP contribution is 2.31. The number of nitrogens with one attached hydrogen (secondary N) is 1. The van der Waals surface area contributed by atoms with Gasteiger partial charge in [0, 0.05) is 6.04 Å². The minimum absolute atomic E-state index is 0.0506. The zero-order valence-electron chi connectivity index (χ0n) is 15.5. The standard InChI is InChI=1S/C20H19Cl2N3O2S2/c21-13-7-4-8-15(17(13)22)25-19(27)18-14(9-10-28-18)24-20(25)29-11-16(26)23-12-5-2-1-3-6-12/h4,7-10,12H,1-3,5-6,11H2,(H,23,26). The van der Waals surface area contributed by atoms with Crippen LogP contribution in [0.1, 0.15) is 32.1 Å². The van der Waals surface area contributed by atoms with Crippen molar-refractivity contribution in [1.82, 2.24) is 14.9 Å². The van der Waals surface area contributed by atoms with Crippen molar-refractivity contribution in [3.05, 3.63) is 50.0 Å². The lowest BCUT2D eigenvalue weighted by atomic mass is 9.95. The molecule has 152 valence electrons. The van der Waals surface area contributed by atoms with Crippen molar-refractivity contribution >= 4 is 62.4 Å². The first kappa shape index (κ1) is 20.7. The summed E-state index contributed by atoms with van der Waals surface area (Å²) < 4.78 is 1.99. The number of hydrogen-bond donors (Lipinski definition) is 1. The number of carbonyl (C=O) groups is 1. The molecule has 2 aromatic heterocycles. The van der Waals surface area contributed by atoms with E-state index < -0.39 is 0 Å². The minimum atomic E-state index is -0.218. The van der Waals surface area contributed by atoms with Gasteiger partial charge in [-0.05, 0) is 36.4 Å². The van der Waals surface area contributed by atoms with E-state index in [0.29, 0.717) is 26.1 Å². The Morgan fingerprint density at radius 3 is 2.83 bits per heavy atom. The van der Waals surface area contributed by atoms with Crippen LogP contribution in [0.15, 0.2) is 39.6 Å². The normalized spacial score (nSPS) is 15.0. The maximum Gasteiger partial charge on any atom is 0.276 e. The van der Waals surface area contributed by atoms with E-state index in [9.17, 15) is 9.59 Å². The highest BCUT2D eigenvalue weighted by Gasteiger charge is 2.20. The molecule has 1 N–H and O–H groups in total. The summed E-state index contributed by atoms with van der Waals surface area (Å²) in [5.41, 5.74) is 0.857. The largest absolute Gasteiger partial charge is 0.353 e. The van der Waals surface area contributed by atoms with Crippen molar-refractivity contribution in [3.63, 3.8) is 0 Å². The predicted molar refractivity (Wildman–Crippen MR) is 121 cm³/mol. The highest BCUT2D eigenvalue weighted by molar-refractivity contribution is 7.99. The molecule has 0 unspecified atom stereocenters. The first-order valence-corrected chi connectivity index (χ1v) is 12.0. The summed E-state index contributed by atoms with van der Waals surface area (Å²) in [6.45, 7) is 0. The van der Waals surface area contributed by atoms with E-state index in [1.54, 1.807) is 24.3 Å². The van der Waals surface area contributed by atoms with Crippen LogP contribution in [-0.4, -0.2) is 27.3 Å². The Hall–Kier alpha value is -1.54. The van der Waals surface area contributed by atoms with E-state index in [0.717, 1.165) is 25.7 Å². The van der Waals surface area contributed by atoms with Gasteiger partial charge in [0.2, 0.25) is 5.91 Å². The number of amides is 1. The van der Waals surface area contributed by atoms with Gasteiger partial charge in [-0.3, -0.25) is 14.2 Å². The third-order valence-corrected chi connectivity index (χ3v) is 7.56. The average molecular weight is 468 g/mol. The molecule has 9 heteroatoms. The Morgan fingerprint density at radius 1 is 1.24 bits per heavy atom. The molecule has 0 radical (unpaired) electrons. The molecule has 4 rings (SSSR count). The van der Waals surface area contributed by atoms with Gasteiger partial charge in [0.25, 0.3) is 5.56 Å². The Kier molecular flexibility index (Phi) is 6.49. The summed E-state index contributed by atoms with van der Waals surface area (Å²) in [6.07, 6.45) is 5.59. The first-order chi connectivity index (χ1) is 14.0. The molecule has 1 amide bonds. The minimum Gasteiger partial charge on any atom is -0.353 e. The van der Waals surface area contributed by atoms with Gasteiger partial charge in [0.05, 0.1) is 27.0 Å². The summed E-state index contributed by atoms with van der Waals surface area (Å²) >= 11 is 15.1. The van der Waals surface area contributed by atoms with E-state index in [1.165, 1.54) is 34.1 Å². The van der Waals surface area contributed by atoms with Crippen molar-refractivity contribution < 1.29 is 4.79 Å². The van der Waals surface area contributed by atoms with Crippen LogP contribution in [0, 0.1) is 0 Å². The van der Waals surface area contributed by atoms with Crippen LogP contribution in [-0.2, 0) is 4.79 Å². The first-order valence-electron chi connectivity index (χ1n) is 9.41. The maximum atomic E-state index is 13.2. The van der Waals surface area contributed by atoms with E-state index in [1.807, 2.05) is 5.38 Å². The van der Waals surface area contributed by atoms with E-state index in [-0.39, 0.29) is 28.3 Å². The predicted octanol–water partition coefficient (Wildman–Crippen LogP) is 5.30. The number of benzene rings is 1. The summed E-state index contributed by atoms with van der Waals surface area (Å²) in [7, 11) is 0. The molecule has 0 saturated heterocycles. The second-order valence-electron chi connectivity index (χ2n) is 6.93. The fraction of sp³-hybridized carbons (Fsp3) is 0.350. The monoisotopic (exact) mass is 467 g/mol. The fourth-order valence-electron chi connectivity index (χ4n) is 3.51. The SMILES string of the molecule is O=C(CSc1nc2ccsc2c(=O)n1-c1cccc(Cl)c1Cl)NC1CCCCC1. The van der Waals surface area contributed by atoms with Gasteiger partial charge in [0.1, 0.15) is 4.70 Å². The van der Waals surface area contributed by atoms with Crippen LogP contribution in [0.5, 0.6) is 0 Å². The Balaban J connectivity index is 1.65. The molecule has 1 aliphatic carbocycles. The van der Waals surface area contributed by atoms with Crippen molar-refractivity contribution in [3.8, 4) is 5.69 Å². The number of hydrogen-bond acceptors (Lipinski definition) is 5. The quantitative estimate of drug-likeness (QED) is 0.408. The molecule has 1 aromatic carbocycles. The number of thioether (sulfide) groups is 1. The van der Waals surface area contributed by atoms with Crippen LogP contribution in [0.4, 0.5) is 0 Å². The number of carbonyl (C=O) groups excluding carboxylic acids is 1. The lowest BCUT2D eigenvalue weighted by Gasteiger charge is -2.22. The maximum absolute atomic E-state index is 13.2. The molecule has 0 spiro atoms. The lowest BCUT2D eigenvalue weighted by Crippen LogP contribution is -2.37. The Labute approximate surface area is 186 Å². The second kappa shape index (κ2) is 9.08. The number of rotatable bonds is 5. The van der Waals surface area contributed by atoms with Gasteiger partial charge < -0.3 is 5.32 Å². The van der Waals surface area contributed by atoms with E-state index in [4.69, 9.17) is 23.2 Å². The number of thiophene rings is 1. The fourth-order valence-corrected chi connectivity index (χ4v) is 5.47. The molecule has 0 atom stereocenters. The molecule has 0 bridgehead atoms. The van der Waals surface area contributed by atoms with Crippen molar-refractivity contribution in [2.45, 2.75) is 43.3 Å². The highest BCUT2D eigenvalue weighted by atomic mass is 35.5. The van der Waals surface area contributed by atoms with Gasteiger partial charge in [0.15, 0.2) is 5.16 Å². The zero-order chi connectivity index (χ0) is 20.4. The van der Waals surface area contributed by atoms with Crippen LogP contribution >= 0.6 is 46.3 Å². The lowest BCUT2D eigenvalue weighted by molar-refractivity contribution is -0.119. The smallest absolute Gasteiger partial charge is 0.276 e. The van der Waals surface area contributed by atoms with Gasteiger partial charge in [-0.2, -0.15) is 0 Å². The molecule has 3 aromatic rings. The molecule has 29 heavy (non-hydrogen) atoms. The number of fused-ring (bicyclic) bond motifs is 1. The third-order valence-electron chi connectivity index (χ3n) is 4.92. The number of halogens is 2. The molecular formula is C20H19Cl2N3O2S2. The second-order valence-corrected chi connectivity index (χ2v) is 9.58. The summed E-state index contributed by atoms with van der Waals surface area (Å²) in [5.74, 6) is 0.127. The van der Waals surface area contributed by atoms with Gasteiger partial charge in [-0.1, -0.05) is 60.3 Å². The molecule has 2 heterocycles. The molecule has 1 saturated carbocycles. The topological polar surface area (TPSA) is 64.0 Å². The number of nitrogens with zero attached hydrogens (tertiary/aromatic N) is 2. The Bertz CT molecular complexity index is 1110. The van der Waals surface area contributed by atoms with Gasteiger partial charge >= 0.3 is 0 Å². The van der Waals surface area contributed by atoms with E-state index in [2.05, 4.69) is 10.3 Å². The number of aromatic nitrogens is 2. The summed E-state index contributed by atoms with van der Waals surface area (Å²) in [6, 6.07) is 7.17. The van der Waals surface area contributed by atoms with Crippen LogP contribution in [0.25, 0.3) is 15.9 Å². The summed E-state index contributed by atoms with van der Waals surface area (Å²) in [4.78, 5) is 30.2. The van der Waals surface area contributed by atoms with Gasteiger partial charge in [-0.25, -0.2) is 4.98 Å². The summed E-state index contributed by atoms with van der Waals surface area (Å²) in [5, 5.41) is 5.98. The average Bonchev–Trinajstić information content (AvgIpc) is 3.19. The molecule has 1 fully saturated rings. The van der Waals surface area contributed by atoms with Gasteiger partial charge in [-0.15, -0.1) is 11.3 Å². The van der Waals surface area contributed by atoms with Crippen molar-refractivity contribution in [2.24, 2.45) is 0 Å². The van der Waals surface area contributed by atoms with Crippen LogP contribution < -0.4 is 10.9 Å². The van der Waals surface area contributed by atoms with E-state index >= 15 is 0 Å². The molecule has 5 nitrogen and oxygen atoms in total. The van der Waals surface area contributed by atoms with Crippen LogP contribution in [0.2, 0.25) is 10.0 Å².